The van der Waals surface area contributed by atoms with Crippen LogP contribution >= 0.6 is 0 Å². The normalized spacial score (nSPS) is 21.1. The smallest absolute Gasteiger partial charge is 0.228 e. The van der Waals surface area contributed by atoms with Crippen LogP contribution in [0.5, 0.6) is 0 Å². The van der Waals surface area contributed by atoms with E-state index in [-0.39, 0.29) is 17.6 Å². The summed E-state index contributed by atoms with van der Waals surface area (Å²) in [7, 11) is -3.24. The van der Waals surface area contributed by atoms with Crippen molar-refractivity contribution in [3.05, 3.63) is 29.3 Å². The molecule has 2 aliphatic rings. The van der Waals surface area contributed by atoms with Crippen LogP contribution in [-0.2, 0) is 27.7 Å². The summed E-state index contributed by atoms with van der Waals surface area (Å²) in [6.45, 7) is 2.83. The van der Waals surface area contributed by atoms with E-state index in [9.17, 15) is 13.2 Å². The number of carbonyl (C=O) groups excluding carboxylic acids is 1. The SMILES string of the molecule is CCCCS(=O)(=O)N1CCC[C@H](C(=O)Nc2ccc3c(c2)CCC3)C1. The van der Waals surface area contributed by atoms with Crippen LogP contribution in [0.4, 0.5) is 5.69 Å². The lowest BCUT2D eigenvalue weighted by Gasteiger charge is -2.31. The Kier molecular flexibility index (Phi) is 5.79. The van der Waals surface area contributed by atoms with Gasteiger partial charge in [0.25, 0.3) is 0 Å². The number of benzene rings is 1. The van der Waals surface area contributed by atoms with Crippen LogP contribution < -0.4 is 5.32 Å². The summed E-state index contributed by atoms with van der Waals surface area (Å²) in [4.78, 5) is 12.6. The van der Waals surface area contributed by atoms with Crippen molar-refractivity contribution in [2.75, 3.05) is 24.2 Å². The minimum atomic E-state index is -3.24. The van der Waals surface area contributed by atoms with E-state index in [1.165, 1.54) is 21.9 Å². The third-order valence-corrected chi connectivity index (χ3v) is 7.19. The Bertz CT molecular complexity index is 730. The molecule has 1 aromatic rings. The molecule has 0 aromatic heterocycles. The lowest BCUT2D eigenvalue weighted by molar-refractivity contribution is -0.120. The summed E-state index contributed by atoms with van der Waals surface area (Å²) in [6, 6.07) is 6.12. The molecule has 1 atom stereocenters. The van der Waals surface area contributed by atoms with E-state index in [1.807, 2.05) is 13.0 Å². The molecule has 3 rings (SSSR count). The standard InChI is InChI=1S/C19H28N2O3S/c1-2-3-12-25(23,24)21-11-5-8-17(14-21)19(22)20-18-10-9-15-6-4-7-16(15)13-18/h9-10,13,17H,2-8,11-12,14H2,1H3,(H,20,22)/t17-/m0/s1. The summed E-state index contributed by atoms with van der Waals surface area (Å²) in [5.41, 5.74) is 3.53. The zero-order chi connectivity index (χ0) is 17.9. The van der Waals surface area contributed by atoms with Gasteiger partial charge in [0.1, 0.15) is 0 Å². The van der Waals surface area contributed by atoms with Crippen molar-refractivity contribution >= 4 is 21.6 Å². The van der Waals surface area contributed by atoms with Crippen LogP contribution in [0.25, 0.3) is 0 Å². The van der Waals surface area contributed by atoms with Gasteiger partial charge in [-0.3, -0.25) is 4.79 Å². The number of nitrogens with zero attached hydrogens (tertiary/aromatic N) is 1. The number of hydrogen-bond acceptors (Lipinski definition) is 3. The maximum atomic E-state index is 12.6. The molecule has 1 aliphatic heterocycles. The van der Waals surface area contributed by atoms with Crippen molar-refractivity contribution in [2.45, 2.75) is 51.9 Å². The first-order valence-corrected chi connectivity index (χ1v) is 11.0. The van der Waals surface area contributed by atoms with Crippen molar-refractivity contribution < 1.29 is 13.2 Å². The maximum Gasteiger partial charge on any atom is 0.228 e. The molecule has 1 aromatic carbocycles. The van der Waals surface area contributed by atoms with Crippen LogP contribution in [0.1, 0.15) is 50.2 Å². The third kappa shape index (κ3) is 4.42. The van der Waals surface area contributed by atoms with Gasteiger partial charge in [-0.25, -0.2) is 12.7 Å². The highest BCUT2D eigenvalue weighted by molar-refractivity contribution is 7.89. The quantitative estimate of drug-likeness (QED) is 0.844. The number of nitrogens with one attached hydrogen (secondary N) is 1. The fraction of sp³-hybridized carbons (Fsp3) is 0.632. The summed E-state index contributed by atoms with van der Waals surface area (Å²) in [5, 5.41) is 3.00. The molecule has 1 amide bonds. The van der Waals surface area contributed by atoms with Crippen molar-refractivity contribution in [1.29, 1.82) is 0 Å². The zero-order valence-corrected chi connectivity index (χ0v) is 15.8. The van der Waals surface area contributed by atoms with E-state index in [4.69, 9.17) is 0 Å². The van der Waals surface area contributed by atoms with Crippen LogP contribution in [0, 0.1) is 5.92 Å². The average Bonchev–Trinajstić information content (AvgIpc) is 3.08. The molecule has 0 bridgehead atoms. The average molecular weight is 365 g/mol. The third-order valence-electron chi connectivity index (χ3n) is 5.27. The maximum absolute atomic E-state index is 12.6. The van der Waals surface area contributed by atoms with Gasteiger partial charge >= 0.3 is 0 Å². The van der Waals surface area contributed by atoms with Gasteiger partial charge in [-0.15, -0.1) is 0 Å². The first kappa shape index (κ1) is 18.4. The number of amides is 1. The molecule has 138 valence electrons. The van der Waals surface area contributed by atoms with E-state index in [2.05, 4.69) is 17.4 Å². The van der Waals surface area contributed by atoms with E-state index in [1.54, 1.807) is 0 Å². The lowest BCUT2D eigenvalue weighted by atomic mass is 9.98. The summed E-state index contributed by atoms with van der Waals surface area (Å²) in [6.07, 6.45) is 6.40. The van der Waals surface area contributed by atoms with Gasteiger partial charge in [-0.2, -0.15) is 0 Å². The molecule has 1 N–H and O–H groups in total. The van der Waals surface area contributed by atoms with E-state index in [0.29, 0.717) is 19.5 Å². The number of aryl methyl sites for hydroxylation is 2. The number of rotatable bonds is 6. The molecular formula is C19H28N2O3S. The molecule has 0 unspecified atom stereocenters. The van der Waals surface area contributed by atoms with Gasteiger partial charge in [0, 0.05) is 18.8 Å². The molecule has 6 heteroatoms. The van der Waals surface area contributed by atoms with Crippen LogP contribution in [0.2, 0.25) is 0 Å². The summed E-state index contributed by atoms with van der Waals surface area (Å²) in [5.74, 6) is -0.144. The lowest BCUT2D eigenvalue weighted by Crippen LogP contribution is -2.44. The van der Waals surface area contributed by atoms with Gasteiger partial charge in [-0.05, 0) is 61.8 Å². The Morgan fingerprint density at radius 2 is 2.04 bits per heavy atom. The molecule has 1 heterocycles. The van der Waals surface area contributed by atoms with Crippen molar-refractivity contribution in [3.8, 4) is 0 Å². The molecule has 25 heavy (non-hydrogen) atoms. The Morgan fingerprint density at radius 3 is 2.84 bits per heavy atom. The Morgan fingerprint density at radius 1 is 1.24 bits per heavy atom. The largest absolute Gasteiger partial charge is 0.326 e. The van der Waals surface area contributed by atoms with Crippen LogP contribution in [0.3, 0.4) is 0 Å². The highest BCUT2D eigenvalue weighted by Crippen LogP contribution is 2.26. The van der Waals surface area contributed by atoms with E-state index in [0.717, 1.165) is 37.8 Å². The minimum Gasteiger partial charge on any atom is -0.326 e. The predicted molar refractivity (Wildman–Crippen MR) is 100 cm³/mol. The molecule has 0 radical (unpaired) electrons. The number of hydrogen-bond donors (Lipinski definition) is 1. The molecule has 0 spiro atoms. The second-order valence-corrected chi connectivity index (χ2v) is 9.28. The summed E-state index contributed by atoms with van der Waals surface area (Å²) < 4.78 is 26.3. The van der Waals surface area contributed by atoms with E-state index < -0.39 is 10.0 Å². The number of sulfonamides is 1. The zero-order valence-electron chi connectivity index (χ0n) is 15.0. The second kappa shape index (κ2) is 7.87. The van der Waals surface area contributed by atoms with Crippen molar-refractivity contribution in [2.24, 2.45) is 5.92 Å². The molecule has 1 aliphatic carbocycles. The van der Waals surface area contributed by atoms with Gasteiger partial charge < -0.3 is 5.32 Å². The fourth-order valence-corrected chi connectivity index (χ4v) is 5.48. The van der Waals surface area contributed by atoms with Gasteiger partial charge in [0.15, 0.2) is 0 Å². The first-order chi connectivity index (χ1) is 12.0. The Balaban J connectivity index is 1.62. The molecule has 5 nitrogen and oxygen atoms in total. The number of fused-ring (bicyclic) bond motifs is 1. The van der Waals surface area contributed by atoms with Crippen molar-refractivity contribution in [1.82, 2.24) is 4.31 Å². The predicted octanol–water partition coefficient (Wildman–Crippen LogP) is 2.96. The highest BCUT2D eigenvalue weighted by atomic mass is 32.2. The monoisotopic (exact) mass is 364 g/mol. The van der Waals surface area contributed by atoms with Crippen LogP contribution in [0.15, 0.2) is 18.2 Å². The number of anilines is 1. The van der Waals surface area contributed by atoms with Crippen molar-refractivity contribution in [3.63, 3.8) is 0 Å². The topological polar surface area (TPSA) is 66.5 Å². The Labute approximate surface area is 150 Å². The Hall–Kier alpha value is -1.40. The highest BCUT2D eigenvalue weighted by Gasteiger charge is 2.32. The summed E-state index contributed by atoms with van der Waals surface area (Å²) >= 11 is 0. The molecule has 1 saturated heterocycles. The first-order valence-electron chi connectivity index (χ1n) is 9.40. The number of unbranched alkanes of at least 4 members (excludes halogenated alkanes) is 1. The number of piperidine rings is 1. The molecule has 1 fully saturated rings. The van der Waals surface area contributed by atoms with Gasteiger partial charge in [0.2, 0.25) is 15.9 Å². The van der Waals surface area contributed by atoms with Gasteiger partial charge in [-0.1, -0.05) is 19.4 Å². The van der Waals surface area contributed by atoms with Gasteiger partial charge in [0.05, 0.1) is 11.7 Å². The van der Waals surface area contributed by atoms with Crippen LogP contribution in [-0.4, -0.2) is 37.5 Å². The molecular weight excluding hydrogens is 336 g/mol. The van der Waals surface area contributed by atoms with E-state index >= 15 is 0 Å². The second-order valence-electron chi connectivity index (χ2n) is 7.19. The molecule has 0 saturated carbocycles. The fourth-order valence-electron chi connectivity index (χ4n) is 3.76. The number of carbonyl (C=O) groups is 1. The minimum absolute atomic E-state index is 0.0617.